The van der Waals surface area contributed by atoms with E-state index in [4.69, 9.17) is 9.47 Å². The standard InChI is InChI=1S/C16H22FNO3/c1-16(21-3,11-7-4-5-8-12(11)17)15(19)18-13-9-6-10-14(13)20-2/h4-5,7-8,13-14H,6,9-10H2,1-3H3,(H,18,19). The lowest BCUT2D eigenvalue weighted by Crippen LogP contribution is -2.50. The number of ether oxygens (including phenoxy) is 2. The number of hydrogen-bond acceptors (Lipinski definition) is 3. The van der Waals surface area contributed by atoms with Gasteiger partial charge in [-0.05, 0) is 32.3 Å². The molecule has 1 aliphatic rings. The predicted octanol–water partition coefficient (Wildman–Crippen LogP) is 2.37. The van der Waals surface area contributed by atoms with Gasteiger partial charge in [0.05, 0.1) is 12.1 Å². The average Bonchev–Trinajstić information content (AvgIpc) is 2.94. The van der Waals surface area contributed by atoms with Crippen molar-refractivity contribution >= 4 is 5.91 Å². The second-order valence-electron chi connectivity index (χ2n) is 5.50. The summed E-state index contributed by atoms with van der Waals surface area (Å²) in [6.07, 6.45) is 2.80. The fourth-order valence-electron chi connectivity index (χ4n) is 2.85. The first-order valence-electron chi connectivity index (χ1n) is 7.17. The zero-order chi connectivity index (χ0) is 15.5. The number of rotatable bonds is 5. The Morgan fingerprint density at radius 1 is 1.33 bits per heavy atom. The highest BCUT2D eigenvalue weighted by molar-refractivity contribution is 5.86. The van der Waals surface area contributed by atoms with E-state index in [0.717, 1.165) is 19.3 Å². The molecule has 0 spiro atoms. The van der Waals surface area contributed by atoms with Crippen LogP contribution in [0.2, 0.25) is 0 Å². The molecule has 116 valence electrons. The van der Waals surface area contributed by atoms with E-state index in [-0.39, 0.29) is 23.6 Å². The molecule has 4 nitrogen and oxygen atoms in total. The highest BCUT2D eigenvalue weighted by atomic mass is 19.1. The van der Waals surface area contributed by atoms with Crippen LogP contribution in [0.1, 0.15) is 31.7 Å². The average molecular weight is 295 g/mol. The van der Waals surface area contributed by atoms with E-state index in [9.17, 15) is 9.18 Å². The molecule has 1 aliphatic carbocycles. The van der Waals surface area contributed by atoms with Crippen LogP contribution in [-0.4, -0.2) is 32.3 Å². The van der Waals surface area contributed by atoms with Crippen molar-refractivity contribution in [2.24, 2.45) is 0 Å². The molecule has 21 heavy (non-hydrogen) atoms. The van der Waals surface area contributed by atoms with Gasteiger partial charge in [-0.2, -0.15) is 0 Å². The molecule has 3 atom stereocenters. The summed E-state index contributed by atoms with van der Waals surface area (Å²) in [7, 11) is 3.05. The lowest BCUT2D eigenvalue weighted by molar-refractivity contribution is -0.144. The van der Waals surface area contributed by atoms with Crippen LogP contribution in [0, 0.1) is 5.82 Å². The second kappa shape index (κ2) is 6.54. The lowest BCUT2D eigenvalue weighted by Gasteiger charge is -2.30. The molecular formula is C16H22FNO3. The van der Waals surface area contributed by atoms with Crippen LogP contribution in [0.5, 0.6) is 0 Å². The van der Waals surface area contributed by atoms with Gasteiger partial charge in [-0.15, -0.1) is 0 Å². The monoisotopic (exact) mass is 295 g/mol. The summed E-state index contributed by atoms with van der Waals surface area (Å²) in [6, 6.07) is 6.12. The van der Waals surface area contributed by atoms with Crippen molar-refractivity contribution < 1.29 is 18.7 Å². The maximum absolute atomic E-state index is 14.0. The second-order valence-corrected chi connectivity index (χ2v) is 5.50. The molecule has 1 aromatic rings. The quantitative estimate of drug-likeness (QED) is 0.907. The zero-order valence-electron chi connectivity index (χ0n) is 12.7. The molecule has 2 rings (SSSR count). The number of amides is 1. The SMILES string of the molecule is COC1CCCC1NC(=O)C(C)(OC)c1ccccc1F. The van der Waals surface area contributed by atoms with E-state index in [0.29, 0.717) is 0 Å². The van der Waals surface area contributed by atoms with E-state index >= 15 is 0 Å². The normalized spacial score (nSPS) is 24.6. The van der Waals surface area contributed by atoms with Gasteiger partial charge >= 0.3 is 0 Å². The first-order valence-corrected chi connectivity index (χ1v) is 7.17. The van der Waals surface area contributed by atoms with Crippen LogP contribution < -0.4 is 5.32 Å². The predicted molar refractivity (Wildman–Crippen MR) is 77.3 cm³/mol. The van der Waals surface area contributed by atoms with Crippen molar-refractivity contribution in [1.29, 1.82) is 0 Å². The summed E-state index contributed by atoms with van der Waals surface area (Å²) in [6.45, 7) is 1.58. The number of halogens is 1. The summed E-state index contributed by atoms with van der Waals surface area (Å²) >= 11 is 0. The van der Waals surface area contributed by atoms with Crippen molar-refractivity contribution in [1.82, 2.24) is 5.32 Å². The summed E-state index contributed by atoms with van der Waals surface area (Å²) in [5.74, 6) is -0.796. The molecular weight excluding hydrogens is 273 g/mol. The van der Waals surface area contributed by atoms with Gasteiger partial charge < -0.3 is 14.8 Å². The van der Waals surface area contributed by atoms with Crippen LogP contribution in [0.3, 0.4) is 0 Å². The molecule has 1 fully saturated rings. The third-order valence-corrected chi connectivity index (χ3v) is 4.30. The number of nitrogens with one attached hydrogen (secondary N) is 1. The van der Waals surface area contributed by atoms with Crippen molar-refractivity contribution in [3.63, 3.8) is 0 Å². The maximum atomic E-state index is 14.0. The molecule has 1 saturated carbocycles. The third-order valence-electron chi connectivity index (χ3n) is 4.30. The van der Waals surface area contributed by atoms with Crippen molar-refractivity contribution in [3.8, 4) is 0 Å². The van der Waals surface area contributed by atoms with Crippen molar-refractivity contribution in [3.05, 3.63) is 35.6 Å². The molecule has 0 aromatic heterocycles. The topological polar surface area (TPSA) is 47.6 Å². The summed E-state index contributed by atoms with van der Waals surface area (Å²) in [5.41, 5.74) is -1.12. The van der Waals surface area contributed by atoms with Gasteiger partial charge in [0.25, 0.3) is 5.91 Å². The van der Waals surface area contributed by atoms with E-state index in [1.807, 2.05) is 0 Å². The Morgan fingerprint density at radius 3 is 2.67 bits per heavy atom. The van der Waals surface area contributed by atoms with E-state index in [1.54, 1.807) is 32.2 Å². The molecule has 0 saturated heterocycles. The van der Waals surface area contributed by atoms with Crippen molar-refractivity contribution in [2.75, 3.05) is 14.2 Å². The summed E-state index contributed by atoms with van der Waals surface area (Å²) in [4.78, 5) is 12.6. The molecule has 1 aromatic carbocycles. The Hall–Kier alpha value is -1.46. The highest BCUT2D eigenvalue weighted by Gasteiger charge is 2.40. The maximum Gasteiger partial charge on any atom is 0.257 e. The molecule has 0 heterocycles. The Kier molecular flexibility index (Phi) is 4.96. The van der Waals surface area contributed by atoms with Gasteiger partial charge in [0, 0.05) is 19.8 Å². The zero-order valence-corrected chi connectivity index (χ0v) is 12.7. The van der Waals surface area contributed by atoms with Gasteiger partial charge in [0.15, 0.2) is 5.60 Å². The number of carbonyl (C=O) groups is 1. The molecule has 0 radical (unpaired) electrons. The van der Waals surface area contributed by atoms with Crippen molar-refractivity contribution in [2.45, 2.75) is 43.9 Å². The van der Waals surface area contributed by atoms with Crippen LogP contribution in [0.4, 0.5) is 4.39 Å². The van der Waals surface area contributed by atoms with E-state index in [1.165, 1.54) is 13.2 Å². The van der Waals surface area contributed by atoms with Gasteiger partial charge in [-0.3, -0.25) is 4.79 Å². The fraction of sp³-hybridized carbons (Fsp3) is 0.562. The Morgan fingerprint density at radius 2 is 2.05 bits per heavy atom. The summed E-state index contributed by atoms with van der Waals surface area (Å²) in [5, 5.41) is 2.94. The van der Waals surface area contributed by atoms with Crippen LogP contribution in [-0.2, 0) is 19.9 Å². The first-order chi connectivity index (χ1) is 10.0. The third kappa shape index (κ3) is 3.09. The minimum atomic E-state index is -1.35. The molecule has 0 bridgehead atoms. The fourth-order valence-corrected chi connectivity index (χ4v) is 2.85. The van der Waals surface area contributed by atoms with Crippen LogP contribution in [0.25, 0.3) is 0 Å². The minimum absolute atomic E-state index is 0.00989. The largest absolute Gasteiger partial charge is 0.379 e. The van der Waals surface area contributed by atoms with Gasteiger partial charge in [0.2, 0.25) is 0 Å². The Bertz CT molecular complexity index is 508. The molecule has 0 aliphatic heterocycles. The van der Waals surface area contributed by atoms with Gasteiger partial charge in [-0.1, -0.05) is 18.2 Å². The first kappa shape index (κ1) is 15.9. The molecule has 5 heteroatoms. The minimum Gasteiger partial charge on any atom is -0.379 e. The number of hydrogen-bond donors (Lipinski definition) is 1. The van der Waals surface area contributed by atoms with E-state index in [2.05, 4.69) is 5.32 Å². The molecule has 1 N–H and O–H groups in total. The highest BCUT2D eigenvalue weighted by Crippen LogP contribution is 2.29. The Balaban J connectivity index is 2.20. The molecule has 3 unspecified atom stereocenters. The smallest absolute Gasteiger partial charge is 0.257 e. The summed E-state index contributed by atoms with van der Waals surface area (Å²) < 4.78 is 24.7. The Labute approximate surface area is 124 Å². The van der Waals surface area contributed by atoms with E-state index < -0.39 is 11.4 Å². The number of benzene rings is 1. The number of methoxy groups -OCH3 is 2. The number of carbonyl (C=O) groups excluding carboxylic acids is 1. The van der Waals surface area contributed by atoms with Gasteiger partial charge in [-0.25, -0.2) is 4.39 Å². The van der Waals surface area contributed by atoms with Gasteiger partial charge in [0.1, 0.15) is 5.82 Å². The van der Waals surface area contributed by atoms with Crippen LogP contribution in [0.15, 0.2) is 24.3 Å². The lowest BCUT2D eigenvalue weighted by atomic mass is 9.93. The van der Waals surface area contributed by atoms with Crippen LogP contribution >= 0.6 is 0 Å². The molecule has 1 amide bonds.